The highest BCUT2D eigenvalue weighted by Gasteiger charge is 2.14. The third-order valence-electron chi connectivity index (χ3n) is 3.91. The Morgan fingerprint density at radius 1 is 1.23 bits per heavy atom. The Morgan fingerprint density at radius 3 is 2.68 bits per heavy atom. The molecule has 1 aromatic heterocycles. The molecule has 1 amide bonds. The lowest BCUT2D eigenvalue weighted by atomic mass is 10.2. The number of aromatic nitrogens is 3. The van der Waals surface area contributed by atoms with Crippen molar-refractivity contribution in [2.45, 2.75) is 19.8 Å². The summed E-state index contributed by atoms with van der Waals surface area (Å²) in [5.74, 6) is -0.00736. The molecule has 0 aliphatic carbocycles. The van der Waals surface area contributed by atoms with E-state index in [1.165, 1.54) is 18.4 Å². The van der Waals surface area contributed by atoms with Crippen LogP contribution in [0, 0.1) is 6.92 Å². The van der Waals surface area contributed by atoms with Crippen LogP contribution in [0.15, 0.2) is 30.6 Å². The van der Waals surface area contributed by atoms with E-state index >= 15 is 0 Å². The maximum Gasteiger partial charge on any atom is 0.291 e. The number of hydrogen-bond donors (Lipinski definition) is 1. The molecule has 1 N–H and O–H groups in total. The molecule has 1 saturated heterocycles. The predicted molar refractivity (Wildman–Crippen MR) is 84.1 cm³/mol. The molecule has 1 aromatic carbocycles. The summed E-state index contributed by atoms with van der Waals surface area (Å²) in [6.07, 6.45) is 4.09. The third kappa shape index (κ3) is 3.51. The van der Waals surface area contributed by atoms with Crippen LogP contribution in [0.25, 0.3) is 5.69 Å². The molecule has 2 aromatic rings. The first-order valence-electron chi connectivity index (χ1n) is 7.71. The molecule has 0 bridgehead atoms. The van der Waals surface area contributed by atoms with Gasteiger partial charge in [0, 0.05) is 13.1 Å². The van der Waals surface area contributed by atoms with E-state index in [2.05, 4.69) is 20.3 Å². The molecule has 6 nitrogen and oxygen atoms in total. The molecule has 0 radical (unpaired) electrons. The number of nitrogens with one attached hydrogen (secondary N) is 1. The van der Waals surface area contributed by atoms with Crippen molar-refractivity contribution in [3.05, 3.63) is 42.0 Å². The van der Waals surface area contributed by atoms with Crippen molar-refractivity contribution >= 4 is 5.91 Å². The fourth-order valence-electron chi connectivity index (χ4n) is 2.60. The Labute approximate surface area is 130 Å². The highest BCUT2D eigenvalue weighted by atomic mass is 16.2. The second-order valence-electron chi connectivity index (χ2n) is 5.65. The van der Waals surface area contributed by atoms with Gasteiger partial charge in [0.1, 0.15) is 6.33 Å². The summed E-state index contributed by atoms with van der Waals surface area (Å²) >= 11 is 0. The van der Waals surface area contributed by atoms with Crippen molar-refractivity contribution in [3.8, 4) is 5.69 Å². The quantitative estimate of drug-likeness (QED) is 0.906. The largest absolute Gasteiger partial charge is 0.348 e. The van der Waals surface area contributed by atoms with Crippen LogP contribution in [-0.2, 0) is 0 Å². The van der Waals surface area contributed by atoms with Gasteiger partial charge in [-0.15, -0.1) is 5.10 Å². The van der Waals surface area contributed by atoms with Gasteiger partial charge >= 0.3 is 0 Å². The Bertz CT molecular complexity index is 628. The van der Waals surface area contributed by atoms with Gasteiger partial charge < -0.3 is 10.2 Å². The molecule has 22 heavy (non-hydrogen) atoms. The highest BCUT2D eigenvalue weighted by Crippen LogP contribution is 2.08. The van der Waals surface area contributed by atoms with Gasteiger partial charge in [0.15, 0.2) is 0 Å². The molecule has 0 spiro atoms. The summed E-state index contributed by atoms with van der Waals surface area (Å²) in [5, 5.41) is 7.12. The van der Waals surface area contributed by atoms with Crippen molar-refractivity contribution in [1.29, 1.82) is 0 Å². The first kappa shape index (κ1) is 14.7. The summed E-state index contributed by atoms with van der Waals surface area (Å²) in [4.78, 5) is 18.5. The average Bonchev–Trinajstić information content (AvgIpc) is 3.19. The average molecular weight is 299 g/mol. The Hall–Kier alpha value is -2.21. The molecule has 0 saturated carbocycles. The van der Waals surface area contributed by atoms with Crippen LogP contribution in [-0.4, -0.2) is 51.8 Å². The van der Waals surface area contributed by atoms with Crippen LogP contribution in [0.2, 0.25) is 0 Å². The lowest BCUT2D eigenvalue weighted by molar-refractivity contribution is 0.0939. The molecular formula is C16H21N5O. The fourth-order valence-corrected chi connectivity index (χ4v) is 2.60. The van der Waals surface area contributed by atoms with Gasteiger partial charge in [0.2, 0.25) is 5.82 Å². The van der Waals surface area contributed by atoms with E-state index in [-0.39, 0.29) is 11.7 Å². The van der Waals surface area contributed by atoms with Gasteiger partial charge in [-0.25, -0.2) is 9.67 Å². The Morgan fingerprint density at radius 2 is 1.95 bits per heavy atom. The van der Waals surface area contributed by atoms with Crippen molar-refractivity contribution < 1.29 is 4.79 Å². The standard InChI is InChI=1S/C16H21N5O/c1-13-4-6-14(7-5-13)21-12-18-15(19-21)16(22)17-8-11-20-9-2-3-10-20/h4-7,12H,2-3,8-11H2,1H3,(H,17,22). The summed E-state index contributed by atoms with van der Waals surface area (Å²) in [6.45, 7) is 5.83. The minimum atomic E-state index is -0.218. The van der Waals surface area contributed by atoms with Gasteiger partial charge in [0.05, 0.1) is 5.69 Å². The zero-order valence-corrected chi connectivity index (χ0v) is 12.8. The van der Waals surface area contributed by atoms with Gasteiger partial charge in [-0.05, 0) is 45.0 Å². The van der Waals surface area contributed by atoms with Gasteiger partial charge in [-0.3, -0.25) is 4.79 Å². The van der Waals surface area contributed by atoms with Crippen LogP contribution >= 0.6 is 0 Å². The SMILES string of the molecule is Cc1ccc(-n2cnc(C(=O)NCCN3CCCC3)n2)cc1. The van der Waals surface area contributed by atoms with E-state index in [0.717, 1.165) is 25.3 Å². The number of rotatable bonds is 5. The lowest BCUT2D eigenvalue weighted by Gasteiger charge is -2.13. The van der Waals surface area contributed by atoms with Crippen molar-refractivity contribution in [1.82, 2.24) is 25.0 Å². The summed E-state index contributed by atoms with van der Waals surface area (Å²) < 4.78 is 1.62. The van der Waals surface area contributed by atoms with Crippen molar-refractivity contribution in [2.24, 2.45) is 0 Å². The number of aryl methyl sites for hydroxylation is 1. The molecule has 0 unspecified atom stereocenters. The first-order chi connectivity index (χ1) is 10.7. The molecule has 116 valence electrons. The predicted octanol–water partition coefficient (Wildman–Crippen LogP) is 1.40. The van der Waals surface area contributed by atoms with Gasteiger partial charge in [-0.2, -0.15) is 0 Å². The van der Waals surface area contributed by atoms with E-state index in [0.29, 0.717) is 6.54 Å². The van der Waals surface area contributed by atoms with Crippen LogP contribution in [0.1, 0.15) is 29.0 Å². The number of amides is 1. The van der Waals surface area contributed by atoms with E-state index in [9.17, 15) is 4.79 Å². The number of carbonyl (C=O) groups is 1. The maximum absolute atomic E-state index is 12.0. The second-order valence-corrected chi connectivity index (χ2v) is 5.65. The molecule has 1 aliphatic rings. The van der Waals surface area contributed by atoms with E-state index in [1.807, 2.05) is 31.2 Å². The number of benzene rings is 1. The lowest BCUT2D eigenvalue weighted by Crippen LogP contribution is -2.34. The number of carbonyl (C=O) groups excluding carboxylic acids is 1. The Balaban J connectivity index is 1.55. The maximum atomic E-state index is 12.0. The van der Waals surface area contributed by atoms with Gasteiger partial charge in [-0.1, -0.05) is 17.7 Å². The molecular weight excluding hydrogens is 278 g/mol. The monoisotopic (exact) mass is 299 g/mol. The molecule has 2 heterocycles. The van der Waals surface area contributed by atoms with Gasteiger partial charge in [0.25, 0.3) is 5.91 Å². The molecule has 3 rings (SSSR count). The second kappa shape index (κ2) is 6.70. The van der Waals surface area contributed by atoms with E-state index in [1.54, 1.807) is 11.0 Å². The smallest absolute Gasteiger partial charge is 0.291 e. The minimum absolute atomic E-state index is 0.210. The molecule has 6 heteroatoms. The van der Waals surface area contributed by atoms with E-state index < -0.39 is 0 Å². The number of hydrogen-bond acceptors (Lipinski definition) is 4. The van der Waals surface area contributed by atoms with Crippen molar-refractivity contribution in [3.63, 3.8) is 0 Å². The summed E-state index contributed by atoms with van der Waals surface area (Å²) in [5.41, 5.74) is 2.08. The minimum Gasteiger partial charge on any atom is -0.348 e. The fraction of sp³-hybridized carbons (Fsp3) is 0.438. The topological polar surface area (TPSA) is 63.1 Å². The van der Waals surface area contributed by atoms with E-state index in [4.69, 9.17) is 0 Å². The van der Waals surface area contributed by atoms with Crippen LogP contribution < -0.4 is 5.32 Å². The molecule has 1 aliphatic heterocycles. The summed E-state index contributed by atoms with van der Waals surface area (Å²) in [6, 6.07) is 7.93. The molecule has 1 fully saturated rings. The van der Waals surface area contributed by atoms with Crippen LogP contribution in [0.3, 0.4) is 0 Å². The zero-order chi connectivity index (χ0) is 15.4. The molecule has 0 atom stereocenters. The number of likely N-dealkylation sites (tertiary alicyclic amines) is 1. The van der Waals surface area contributed by atoms with Crippen molar-refractivity contribution in [2.75, 3.05) is 26.2 Å². The van der Waals surface area contributed by atoms with Crippen LogP contribution in [0.4, 0.5) is 0 Å². The zero-order valence-electron chi connectivity index (χ0n) is 12.8. The third-order valence-corrected chi connectivity index (χ3v) is 3.91. The Kier molecular flexibility index (Phi) is 4.48. The highest BCUT2D eigenvalue weighted by molar-refractivity contribution is 5.90. The normalized spacial score (nSPS) is 15.1. The number of nitrogens with zero attached hydrogens (tertiary/aromatic N) is 4. The first-order valence-corrected chi connectivity index (χ1v) is 7.71. The van der Waals surface area contributed by atoms with Crippen LogP contribution in [0.5, 0.6) is 0 Å². The summed E-state index contributed by atoms with van der Waals surface area (Å²) in [7, 11) is 0.